The second kappa shape index (κ2) is 6.18. The van der Waals surface area contributed by atoms with Crippen molar-refractivity contribution in [2.75, 3.05) is 20.6 Å². The number of nitrogens with two attached hydrogens (primary N) is 1. The van der Waals surface area contributed by atoms with Crippen molar-refractivity contribution in [1.29, 1.82) is 0 Å². The predicted molar refractivity (Wildman–Crippen MR) is 83.2 cm³/mol. The molecule has 2 aromatic carbocycles. The maximum Gasteiger partial charge on any atom is 0.0368 e. The van der Waals surface area contributed by atoms with E-state index in [2.05, 4.69) is 68.4 Å². The Labute approximate surface area is 116 Å². The van der Waals surface area contributed by atoms with Crippen LogP contribution in [0.15, 0.2) is 42.5 Å². The number of rotatable bonds is 5. The van der Waals surface area contributed by atoms with Crippen molar-refractivity contribution in [2.45, 2.75) is 19.4 Å². The van der Waals surface area contributed by atoms with Gasteiger partial charge in [-0.05, 0) is 55.4 Å². The molecule has 0 amide bonds. The summed E-state index contributed by atoms with van der Waals surface area (Å²) in [5.74, 6) is 0.557. The van der Waals surface area contributed by atoms with Gasteiger partial charge in [0.25, 0.3) is 0 Å². The molecular weight excluding hydrogens is 232 g/mol. The average molecular weight is 256 g/mol. The molecule has 0 aliphatic rings. The Balaban J connectivity index is 2.38. The summed E-state index contributed by atoms with van der Waals surface area (Å²) < 4.78 is 0. The normalized spacial score (nSPS) is 14.8. The van der Waals surface area contributed by atoms with Gasteiger partial charge in [-0.3, -0.25) is 0 Å². The van der Waals surface area contributed by atoms with Gasteiger partial charge in [-0.25, -0.2) is 0 Å². The van der Waals surface area contributed by atoms with Crippen molar-refractivity contribution in [2.24, 2.45) is 11.7 Å². The first-order valence-electron chi connectivity index (χ1n) is 6.98. The molecule has 0 saturated heterocycles. The Morgan fingerprint density at radius 1 is 1.05 bits per heavy atom. The fourth-order valence-corrected chi connectivity index (χ4v) is 2.95. The summed E-state index contributed by atoms with van der Waals surface area (Å²) in [6.45, 7) is 3.03. The first kappa shape index (κ1) is 14.0. The zero-order chi connectivity index (χ0) is 13.8. The Kier molecular flexibility index (Phi) is 4.56. The molecule has 0 aliphatic carbocycles. The van der Waals surface area contributed by atoms with Crippen LogP contribution in [0.1, 0.15) is 24.9 Å². The van der Waals surface area contributed by atoms with Gasteiger partial charge in [0.05, 0.1) is 0 Å². The summed E-state index contributed by atoms with van der Waals surface area (Å²) in [5.41, 5.74) is 7.10. The van der Waals surface area contributed by atoms with Gasteiger partial charge in [-0.1, -0.05) is 43.3 Å². The molecule has 0 bridgehead atoms. The lowest BCUT2D eigenvalue weighted by molar-refractivity contribution is 0.217. The molecule has 2 rings (SSSR count). The van der Waals surface area contributed by atoms with Crippen LogP contribution in [0.2, 0.25) is 0 Å². The third kappa shape index (κ3) is 3.14. The maximum atomic E-state index is 5.72. The summed E-state index contributed by atoms with van der Waals surface area (Å²) in [4.78, 5) is 2.30. The molecule has 0 saturated carbocycles. The molecular formula is C17H24N2. The molecule has 0 aromatic heterocycles. The first-order chi connectivity index (χ1) is 9.13. The minimum absolute atomic E-state index is 0.424. The van der Waals surface area contributed by atoms with E-state index in [9.17, 15) is 0 Å². The third-order valence-electron chi connectivity index (χ3n) is 3.83. The van der Waals surface area contributed by atoms with Crippen LogP contribution < -0.4 is 5.73 Å². The second-order valence-corrected chi connectivity index (χ2v) is 5.57. The summed E-state index contributed by atoms with van der Waals surface area (Å²) >= 11 is 0. The van der Waals surface area contributed by atoms with E-state index < -0.39 is 0 Å². The highest BCUT2D eigenvalue weighted by Gasteiger charge is 2.21. The van der Waals surface area contributed by atoms with E-state index in [4.69, 9.17) is 5.73 Å². The third-order valence-corrected chi connectivity index (χ3v) is 3.83. The molecule has 102 valence electrons. The van der Waals surface area contributed by atoms with Crippen LogP contribution in [0.25, 0.3) is 10.8 Å². The first-order valence-corrected chi connectivity index (χ1v) is 6.98. The van der Waals surface area contributed by atoms with E-state index in [1.165, 1.54) is 16.3 Å². The van der Waals surface area contributed by atoms with Crippen LogP contribution in [0, 0.1) is 5.92 Å². The highest BCUT2D eigenvalue weighted by atomic mass is 15.1. The molecule has 2 atom stereocenters. The van der Waals surface area contributed by atoms with Crippen molar-refractivity contribution < 1.29 is 0 Å². The molecule has 2 unspecified atom stereocenters. The Hall–Kier alpha value is -1.38. The van der Waals surface area contributed by atoms with Crippen molar-refractivity contribution in [3.05, 3.63) is 48.0 Å². The quantitative estimate of drug-likeness (QED) is 0.888. The fraction of sp³-hybridized carbons (Fsp3) is 0.412. The molecule has 2 aromatic rings. The minimum atomic E-state index is 0.424. The van der Waals surface area contributed by atoms with Crippen LogP contribution >= 0.6 is 0 Å². The van der Waals surface area contributed by atoms with E-state index in [1.807, 2.05) is 0 Å². The van der Waals surface area contributed by atoms with Crippen LogP contribution in [0.4, 0.5) is 0 Å². The van der Waals surface area contributed by atoms with Crippen LogP contribution in [-0.4, -0.2) is 25.5 Å². The zero-order valence-corrected chi connectivity index (χ0v) is 12.1. The Morgan fingerprint density at radius 3 is 2.37 bits per heavy atom. The standard InChI is InChI=1S/C17H24N2/c1-13(10-11-18)17(19(2)3)16-9-8-14-6-4-5-7-15(14)12-16/h4-9,12-13,17H,10-11,18H2,1-3H3. The molecule has 19 heavy (non-hydrogen) atoms. The largest absolute Gasteiger partial charge is 0.330 e. The molecule has 0 radical (unpaired) electrons. The summed E-state index contributed by atoms with van der Waals surface area (Å²) in [5, 5.41) is 2.61. The Morgan fingerprint density at radius 2 is 1.74 bits per heavy atom. The van der Waals surface area contributed by atoms with Gasteiger partial charge >= 0.3 is 0 Å². The summed E-state index contributed by atoms with van der Waals surface area (Å²) in [7, 11) is 4.29. The minimum Gasteiger partial charge on any atom is -0.330 e. The molecule has 0 heterocycles. The highest BCUT2D eigenvalue weighted by Crippen LogP contribution is 2.30. The van der Waals surface area contributed by atoms with Crippen LogP contribution in [0.5, 0.6) is 0 Å². The monoisotopic (exact) mass is 256 g/mol. The molecule has 2 nitrogen and oxygen atoms in total. The molecule has 2 N–H and O–H groups in total. The van der Waals surface area contributed by atoms with E-state index in [0.717, 1.165) is 13.0 Å². The predicted octanol–water partition coefficient (Wildman–Crippen LogP) is 3.43. The van der Waals surface area contributed by atoms with Gasteiger partial charge in [0.2, 0.25) is 0 Å². The number of hydrogen-bond acceptors (Lipinski definition) is 2. The number of hydrogen-bond donors (Lipinski definition) is 1. The van der Waals surface area contributed by atoms with Crippen molar-refractivity contribution in [3.63, 3.8) is 0 Å². The van der Waals surface area contributed by atoms with E-state index in [1.54, 1.807) is 0 Å². The number of benzene rings is 2. The summed E-state index contributed by atoms with van der Waals surface area (Å²) in [6.07, 6.45) is 1.05. The number of nitrogens with zero attached hydrogens (tertiary/aromatic N) is 1. The van der Waals surface area contributed by atoms with Crippen LogP contribution in [-0.2, 0) is 0 Å². The zero-order valence-electron chi connectivity index (χ0n) is 12.1. The van der Waals surface area contributed by atoms with Gasteiger partial charge < -0.3 is 10.6 Å². The topological polar surface area (TPSA) is 29.3 Å². The van der Waals surface area contributed by atoms with Gasteiger partial charge in [0.15, 0.2) is 0 Å². The van der Waals surface area contributed by atoms with E-state index in [0.29, 0.717) is 12.0 Å². The SMILES string of the molecule is CC(CCN)C(c1ccc2ccccc2c1)N(C)C. The molecule has 0 fully saturated rings. The smallest absolute Gasteiger partial charge is 0.0368 e. The highest BCUT2D eigenvalue weighted by molar-refractivity contribution is 5.83. The van der Waals surface area contributed by atoms with Gasteiger partial charge in [-0.15, -0.1) is 0 Å². The van der Waals surface area contributed by atoms with Gasteiger partial charge in [-0.2, -0.15) is 0 Å². The van der Waals surface area contributed by atoms with Gasteiger partial charge in [0.1, 0.15) is 0 Å². The molecule has 2 heteroatoms. The molecule has 0 aliphatic heterocycles. The lowest BCUT2D eigenvalue weighted by Crippen LogP contribution is -2.27. The molecule has 0 spiro atoms. The van der Waals surface area contributed by atoms with E-state index in [-0.39, 0.29) is 0 Å². The van der Waals surface area contributed by atoms with Crippen molar-refractivity contribution >= 4 is 10.8 Å². The van der Waals surface area contributed by atoms with Crippen molar-refractivity contribution in [3.8, 4) is 0 Å². The van der Waals surface area contributed by atoms with Crippen LogP contribution in [0.3, 0.4) is 0 Å². The lowest BCUT2D eigenvalue weighted by Gasteiger charge is -2.30. The van der Waals surface area contributed by atoms with E-state index >= 15 is 0 Å². The number of fused-ring (bicyclic) bond motifs is 1. The fourth-order valence-electron chi connectivity index (χ4n) is 2.95. The Bertz CT molecular complexity index is 534. The lowest BCUT2D eigenvalue weighted by atomic mass is 9.90. The average Bonchev–Trinajstić information content (AvgIpc) is 2.38. The second-order valence-electron chi connectivity index (χ2n) is 5.57. The maximum absolute atomic E-state index is 5.72. The summed E-state index contributed by atoms with van der Waals surface area (Å²) in [6, 6.07) is 15.7. The van der Waals surface area contributed by atoms with Crippen molar-refractivity contribution in [1.82, 2.24) is 4.90 Å². The van der Waals surface area contributed by atoms with Gasteiger partial charge in [0, 0.05) is 6.04 Å².